The van der Waals surface area contributed by atoms with E-state index < -0.39 is 6.10 Å². The highest BCUT2D eigenvalue weighted by atomic mass is 16.5. The predicted molar refractivity (Wildman–Crippen MR) is 103 cm³/mol. The molecule has 1 atom stereocenters. The molecule has 0 N–H and O–H groups in total. The Labute approximate surface area is 160 Å². The summed E-state index contributed by atoms with van der Waals surface area (Å²) >= 11 is 0. The molecule has 0 saturated carbocycles. The maximum atomic E-state index is 12.8. The van der Waals surface area contributed by atoms with Gasteiger partial charge in [-0.3, -0.25) is 19.3 Å². The summed E-state index contributed by atoms with van der Waals surface area (Å²) in [5.74, 6) is 0.895. The molecule has 0 spiro atoms. The zero-order chi connectivity index (χ0) is 19.6. The first-order chi connectivity index (χ1) is 12.9. The molecule has 1 saturated heterocycles. The first kappa shape index (κ1) is 19.4. The third-order valence-corrected chi connectivity index (χ3v) is 5.40. The molecule has 2 heterocycles. The number of ketones is 1. The minimum Gasteiger partial charge on any atom is -0.479 e. The molecule has 0 aromatic heterocycles. The number of amides is 2. The number of hydrogen-bond donors (Lipinski definition) is 0. The van der Waals surface area contributed by atoms with Crippen molar-refractivity contribution in [3.05, 3.63) is 23.8 Å². The summed E-state index contributed by atoms with van der Waals surface area (Å²) in [5.41, 5.74) is 1.06. The molecule has 0 radical (unpaired) electrons. The summed E-state index contributed by atoms with van der Waals surface area (Å²) in [5, 5.41) is 0. The summed E-state index contributed by atoms with van der Waals surface area (Å²) in [6.45, 7) is 7.28. The van der Waals surface area contributed by atoms with Gasteiger partial charge in [-0.1, -0.05) is 13.8 Å². The lowest BCUT2D eigenvalue weighted by Crippen LogP contribution is -2.50. The van der Waals surface area contributed by atoms with E-state index in [4.69, 9.17) is 4.74 Å². The lowest BCUT2D eigenvalue weighted by atomic mass is 9.99. The quantitative estimate of drug-likeness (QED) is 0.745. The molecule has 3 rings (SSSR count). The predicted octanol–water partition coefficient (Wildman–Crippen LogP) is 3.04. The first-order valence-corrected chi connectivity index (χ1v) is 9.83. The van der Waals surface area contributed by atoms with Crippen molar-refractivity contribution < 1.29 is 19.1 Å². The van der Waals surface area contributed by atoms with Crippen molar-refractivity contribution in [3.8, 4) is 5.75 Å². The summed E-state index contributed by atoms with van der Waals surface area (Å²) in [4.78, 5) is 41.1. The van der Waals surface area contributed by atoms with Crippen LogP contribution in [0.15, 0.2) is 18.2 Å². The Morgan fingerprint density at radius 3 is 2.56 bits per heavy atom. The number of nitrogens with zero attached hydrogens (tertiary/aromatic N) is 2. The average molecular weight is 372 g/mol. The number of rotatable bonds is 5. The molecule has 0 bridgehead atoms. The number of fused-ring (bicyclic) bond motifs is 1. The Bertz CT molecular complexity index is 738. The molecule has 146 valence electrons. The van der Waals surface area contributed by atoms with Gasteiger partial charge in [-0.25, -0.2) is 0 Å². The van der Waals surface area contributed by atoms with Gasteiger partial charge in [-0.15, -0.1) is 0 Å². The summed E-state index contributed by atoms with van der Waals surface area (Å²) < 4.78 is 5.68. The van der Waals surface area contributed by atoms with Gasteiger partial charge < -0.3 is 9.64 Å². The van der Waals surface area contributed by atoms with Gasteiger partial charge in [0.15, 0.2) is 11.9 Å². The topological polar surface area (TPSA) is 66.9 Å². The number of Topliss-reactive ketones (excluding diaryl/α,β-unsaturated/α-hetero) is 1. The van der Waals surface area contributed by atoms with Gasteiger partial charge in [0.2, 0.25) is 5.91 Å². The molecular formula is C21H28N2O4. The Morgan fingerprint density at radius 2 is 1.89 bits per heavy atom. The highest BCUT2D eigenvalue weighted by molar-refractivity contribution is 6.05. The first-order valence-electron chi connectivity index (χ1n) is 9.83. The van der Waals surface area contributed by atoms with Gasteiger partial charge in [0.1, 0.15) is 12.3 Å². The van der Waals surface area contributed by atoms with Gasteiger partial charge in [-0.2, -0.15) is 0 Å². The van der Waals surface area contributed by atoms with Crippen LogP contribution in [0.4, 0.5) is 5.69 Å². The Kier molecular flexibility index (Phi) is 5.82. The van der Waals surface area contributed by atoms with Gasteiger partial charge in [0, 0.05) is 25.1 Å². The largest absolute Gasteiger partial charge is 0.479 e. The molecule has 1 fully saturated rings. The fraction of sp³-hybridized carbons (Fsp3) is 0.571. The number of ether oxygens (including phenoxy) is 1. The van der Waals surface area contributed by atoms with E-state index in [1.807, 2.05) is 11.8 Å². The normalized spacial score (nSPS) is 20.3. The van der Waals surface area contributed by atoms with Crippen molar-refractivity contribution >= 4 is 23.3 Å². The van der Waals surface area contributed by atoms with Crippen LogP contribution in [0.25, 0.3) is 0 Å². The Morgan fingerprint density at radius 1 is 1.19 bits per heavy atom. The minimum atomic E-state index is -0.649. The summed E-state index contributed by atoms with van der Waals surface area (Å²) in [7, 11) is 0. The second-order valence-electron chi connectivity index (χ2n) is 7.60. The highest BCUT2D eigenvalue weighted by Crippen LogP contribution is 2.35. The number of carbonyl (C=O) groups excluding carboxylic acids is 3. The second kappa shape index (κ2) is 8.11. The van der Waals surface area contributed by atoms with Crippen LogP contribution >= 0.6 is 0 Å². The smallest absolute Gasteiger partial charge is 0.268 e. The third kappa shape index (κ3) is 4.15. The number of anilines is 1. The second-order valence-corrected chi connectivity index (χ2v) is 7.60. The number of piperidine rings is 1. The lowest BCUT2D eigenvalue weighted by molar-refractivity contribution is -0.134. The molecule has 6 nitrogen and oxygen atoms in total. The Hall–Kier alpha value is -2.37. The number of likely N-dealkylation sites (tertiary alicyclic amines) is 1. The van der Waals surface area contributed by atoms with E-state index in [9.17, 15) is 14.4 Å². The third-order valence-electron chi connectivity index (χ3n) is 5.40. The maximum Gasteiger partial charge on any atom is 0.268 e. The molecule has 1 aromatic rings. The SMILES string of the molecule is CCCC(=O)c1ccc2c(c1)N(CC(=O)N1CCC(C)CC1)C(=O)C(C)O2. The van der Waals surface area contributed by atoms with Crippen LogP contribution < -0.4 is 9.64 Å². The summed E-state index contributed by atoms with van der Waals surface area (Å²) in [6.07, 6.45) is 2.55. The van der Waals surface area contributed by atoms with Gasteiger partial charge >= 0.3 is 0 Å². The van der Waals surface area contributed by atoms with Gasteiger partial charge in [0.05, 0.1) is 5.69 Å². The van der Waals surface area contributed by atoms with E-state index in [2.05, 4.69) is 6.92 Å². The molecule has 6 heteroatoms. The van der Waals surface area contributed by atoms with Crippen LogP contribution in [0, 0.1) is 5.92 Å². The molecule has 2 amide bonds. The minimum absolute atomic E-state index is 0.0145. The maximum absolute atomic E-state index is 12.8. The molecular weight excluding hydrogens is 344 g/mol. The molecule has 1 aromatic carbocycles. The number of hydrogen-bond acceptors (Lipinski definition) is 4. The van der Waals surface area contributed by atoms with Crippen LogP contribution in [-0.2, 0) is 9.59 Å². The standard InChI is InChI=1S/C21H28N2O4/c1-4-5-18(24)16-6-7-19-17(12-16)23(21(26)15(3)27-19)13-20(25)22-10-8-14(2)9-11-22/h6-7,12,14-15H,4-5,8-11,13H2,1-3H3. The molecule has 1 unspecified atom stereocenters. The van der Waals surface area contributed by atoms with Crippen LogP contribution in [0.5, 0.6) is 5.75 Å². The molecule has 2 aliphatic rings. The zero-order valence-electron chi connectivity index (χ0n) is 16.4. The van der Waals surface area contributed by atoms with Crippen LogP contribution in [0.2, 0.25) is 0 Å². The number of carbonyl (C=O) groups is 3. The molecule has 0 aliphatic carbocycles. The van der Waals surface area contributed by atoms with Crippen LogP contribution in [-0.4, -0.2) is 48.2 Å². The highest BCUT2D eigenvalue weighted by Gasteiger charge is 2.34. The Balaban J connectivity index is 1.84. The van der Waals surface area contributed by atoms with E-state index >= 15 is 0 Å². The van der Waals surface area contributed by atoms with E-state index in [-0.39, 0.29) is 24.1 Å². The van der Waals surface area contributed by atoms with Crippen LogP contribution in [0.1, 0.15) is 56.8 Å². The van der Waals surface area contributed by atoms with Crippen molar-refractivity contribution in [2.24, 2.45) is 5.92 Å². The molecule has 2 aliphatic heterocycles. The zero-order valence-corrected chi connectivity index (χ0v) is 16.4. The average Bonchev–Trinajstić information content (AvgIpc) is 2.65. The fourth-order valence-electron chi connectivity index (χ4n) is 3.61. The van der Waals surface area contributed by atoms with E-state index in [1.165, 1.54) is 4.90 Å². The van der Waals surface area contributed by atoms with Crippen molar-refractivity contribution in [2.75, 3.05) is 24.5 Å². The molecule has 27 heavy (non-hydrogen) atoms. The van der Waals surface area contributed by atoms with Crippen LogP contribution in [0.3, 0.4) is 0 Å². The van der Waals surface area contributed by atoms with Crippen molar-refractivity contribution in [3.63, 3.8) is 0 Å². The van der Waals surface area contributed by atoms with Gasteiger partial charge in [-0.05, 0) is 50.3 Å². The van der Waals surface area contributed by atoms with Gasteiger partial charge in [0.25, 0.3) is 5.91 Å². The van der Waals surface area contributed by atoms with Crippen molar-refractivity contribution in [1.29, 1.82) is 0 Å². The van der Waals surface area contributed by atoms with Crippen molar-refractivity contribution in [1.82, 2.24) is 4.90 Å². The number of benzene rings is 1. The van der Waals surface area contributed by atoms with E-state index in [0.29, 0.717) is 29.3 Å². The van der Waals surface area contributed by atoms with E-state index in [0.717, 1.165) is 32.4 Å². The van der Waals surface area contributed by atoms with E-state index in [1.54, 1.807) is 25.1 Å². The monoisotopic (exact) mass is 372 g/mol. The summed E-state index contributed by atoms with van der Waals surface area (Å²) in [6, 6.07) is 5.13. The lowest BCUT2D eigenvalue weighted by Gasteiger charge is -2.36. The fourth-order valence-corrected chi connectivity index (χ4v) is 3.61. The van der Waals surface area contributed by atoms with Crippen molar-refractivity contribution in [2.45, 2.75) is 52.6 Å².